The molecular formula is C20H17BrN6O2S. The van der Waals surface area contributed by atoms with Crippen LogP contribution in [0.25, 0.3) is 0 Å². The van der Waals surface area contributed by atoms with Gasteiger partial charge in [0.1, 0.15) is 6.33 Å². The van der Waals surface area contributed by atoms with Gasteiger partial charge in [0, 0.05) is 16.3 Å². The number of aryl methyl sites for hydroxylation is 1. The van der Waals surface area contributed by atoms with Gasteiger partial charge in [0.2, 0.25) is 11.8 Å². The summed E-state index contributed by atoms with van der Waals surface area (Å²) in [6.45, 7) is 2.30. The van der Waals surface area contributed by atoms with Crippen molar-refractivity contribution in [3.8, 4) is 0 Å². The summed E-state index contributed by atoms with van der Waals surface area (Å²) in [7, 11) is 0. The van der Waals surface area contributed by atoms with E-state index in [1.165, 1.54) is 11.8 Å². The fraction of sp³-hybridized carbons (Fsp3) is 0.150. The zero-order valence-electron chi connectivity index (χ0n) is 15.9. The molecule has 0 spiro atoms. The molecule has 0 aliphatic rings. The van der Waals surface area contributed by atoms with Crippen molar-refractivity contribution in [3.63, 3.8) is 0 Å². The number of carbonyl (C=O) groups is 1. The molecule has 1 amide bonds. The van der Waals surface area contributed by atoms with Gasteiger partial charge in [-0.1, -0.05) is 45.4 Å². The quantitative estimate of drug-likeness (QED) is 0.389. The first-order chi connectivity index (χ1) is 14.6. The molecule has 0 saturated heterocycles. The van der Waals surface area contributed by atoms with Crippen molar-refractivity contribution in [1.82, 2.24) is 24.9 Å². The summed E-state index contributed by atoms with van der Waals surface area (Å²) < 4.78 is 7.68. The molecular weight excluding hydrogens is 468 g/mol. The first kappa shape index (κ1) is 20.3. The molecule has 0 bridgehead atoms. The Morgan fingerprint density at radius 2 is 2.00 bits per heavy atom. The van der Waals surface area contributed by atoms with Crippen LogP contribution in [0.15, 0.2) is 68.7 Å². The Morgan fingerprint density at radius 1 is 1.20 bits per heavy atom. The molecule has 2 aromatic carbocycles. The summed E-state index contributed by atoms with van der Waals surface area (Å²) in [5.41, 5.74) is 1.62. The second-order valence-corrected chi connectivity index (χ2v) is 8.29. The Labute approximate surface area is 185 Å². The predicted molar refractivity (Wildman–Crippen MR) is 116 cm³/mol. The second kappa shape index (κ2) is 9.23. The first-order valence-corrected chi connectivity index (χ1v) is 10.8. The van der Waals surface area contributed by atoms with E-state index in [-0.39, 0.29) is 11.9 Å². The summed E-state index contributed by atoms with van der Waals surface area (Å²) in [6, 6.07) is 15.3. The molecule has 2 heterocycles. The number of nitrogens with zero attached hydrogens (tertiary/aromatic N) is 5. The van der Waals surface area contributed by atoms with Gasteiger partial charge >= 0.3 is 0 Å². The summed E-state index contributed by atoms with van der Waals surface area (Å²) in [5.74, 6) is 1.58. The van der Waals surface area contributed by atoms with Crippen molar-refractivity contribution >= 4 is 39.5 Å². The first-order valence-electron chi connectivity index (χ1n) is 9.03. The lowest BCUT2D eigenvalue weighted by Gasteiger charge is -2.07. The third-order valence-corrected chi connectivity index (χ3v) is 5.68. The fourth-order valence-corrected chi connectivity index (χ4v) is 3.85. The Balaban J connectivity index is 1.41. The average Bonchev–Trinajstić information content (AvgIpc) is 3.37. The molecule has 30 heavy (non-hydrogen) atoms. The highest BCUT2D eigenvalue weighted by Crippen LogP contribution is 2.26. The van der Waals surface area contributed by atoms with Crippen LogP contribution in [0.1, 0.15) is 27.6 Å². The lowest BCUT2D eigenvalue weighted by molar-refractivity contribution is 0.102. The third kappa shape index (κ3) is 5.14. The largest absolute Gasteiger partial charge is 0.340 e. The smallest absolute Gasteiger partial charge is 0.259 e. The summed E-state index contributed by atoms with van der Waals surface area (Å²) in [4.78, 5) is 22.0. The number of anilines is 1. The van der Waals surface area contributed by atoms with Crippen LogP contribution in [-0.4, -0.2) is 30.8 Å². The van der Waals surface area contributed by atoms with Gasteiger partial charge < -0.3 is 4.52 Å². The van der Waals surface area contributed by atoms with Gasteiger partial charge in [-0.05, 0) is 29.8 Å². The molecule has 4 rings (SSSR count). The minimum atomic E-state index is -0.274. The van der Waals surface area contributed by atoms with Crippen LogP contribution in [-0.2, 0) is 12.3 Å². The Bertz CT molecular complexity index is 1160. The van der Waals surface area contributed by atoms with Crippen molar-refractivity contribution in [2.45, 2.75) is 24.1 Å². The van der Waals surface area contributed by atoms with Crippen LogP contribution < -0.4 is 5.32 Å². The highest BCUT2D eigenvalue weighted by Gasteiger charge is 2.15. The molecule has 0 unspecified atom stereocenters. The third-order valence-electron chi connectivity index (χ3n) is 4.08. The number of aromatic nitrogens is 5. The normalized spacial score (nSPS) is 10.9. The van der Waals surface area contributed by atoms with Crippen molar-refractivity contribution in [3.05, 3.63) is 82.2 Å². The van der Waals surface area contributed by atoms with Crippen LogP contribution in [0.2, 0.25) is 0 Å². The van der Waals surface area contributed by atoms with E-state index in [0.717, 1.165) is 14.9 Å². The maximum atomic E-state index is 12.8. The van der Waals surface area contributed by atoms with Crippen molar-refractivity contribution in [2.24, 2.45) is 0 Å². The molecule has 0 aliphatic carbocycles. The van der Waals surface area contributed by atoms with Crippen molar-refractivity contribution < 1.29 is 9.32 Å². The van der Waals surface area contributed by atoms with Crippen LogP contribution in [0.5, 0.6) is 0 Å². The predicted octanol–water partition coefficient (Wildman–Crippen LogP) is 4.32. The van der Waals surface area contributed by atoms with Crippen LogP contribution in [0.3, 0.4) is 0 Å². The molecule has 8 nitrogen and oxygen atoms in total. The fourth-order valence-electron chi connectivity index (χ4n) is 2.70. The van der Waals surface area contributed by atoms with Crippen LogP contribution >= 0.6 is 27.7 Å². The zero-order chi connectivity index (χ0) is 20.9. The van der Waals surface area contributed by atoms with Crippen molar-refractivity contribution in [1.29, 1.82) is 0 Å². The van der Waals surface area contributed by atoms with Crippen LogP contribution in [0, 0.1) is 6.92 Å². The monoisotopic (exact) mass is 484 g/mol. The van der Waals surface area contributed by atoms with Gasteiger partial charge in [0.15, 0.2) is 5.82 Å². The number of thioether (sulfide) groups is 1. The second-order valence-electron chi connectivity index (χ2n) is 6.36. The van der Waals surface area contributed by atoms with Gasteiger partial charge in [-0.2, -0.15) is 4.98 Å². The lowest BCUT2D eigenvalue weighted by atomic mass is 10.2. The van der Waals surface area contributed by atoms with Gasteiger partial charge in [-0.3, -0.25) is 10.1 Å². The molecule has 2 aromatic heterocycles. The topological polar surface area (TPSA) is 98.7 Å². The minimum Gasteiger partial charge on any atom is -0.340 e. The molecule has 0 atom stereocenters. The number of carbonyl (C=O) groups excluding carboxylic acids is 1. The molecule has 0 saturated carbocycles. The number of nitrogens with one attached hydrogen (secondary N) is 1. The number of hydrogen-bond acceptors (Lipinski definition) is 7. The highest BCUT2D eigenvalue weighted by atomic mass is 79.9. The molecule has 4 aromatic rings. The maximum absolute atomic E-state index is 12.8. The molecule has 0 aliphatic heterocycles. The summed E-state index contributed by atoms with van der Waals surface area (Å²) in [5, 5.41) is 11.0. The zero-order valence-corrected chi connectivity index (χ0v) is 18.4. The standard InChI is InChI=1S/C20H17BrN6O2S/c1-13-23-18(26-29-13)11-30-17-5-3-2-4-16(17)19(28)24-20-22-12-27(25-20)10-14-6-8-15(21)9-7-14/h2-9,12H,10-11H2,1H3,(H,24,25,28). The van der Waals surface area contributed by atoms with E-state index in [1.54, 1.807) is 24.0 Å². The SMILES string of the molecule is Cc1nc(CSc2ccccc2C(=O)Nc2ncn(Cc3ccc(Br)cc3)n2)no1. The molecule has 0 fully saturated rings. The van der Waals surface area contributed by atoms with E-state index in [1.807, 2.05) is 42.5 Å². The Morgan fingerprint density at radius 3 is 2.77 bits per heavy atom. The number of amides is 1. The minimum absolute atomic E-state index is 0.255. The molecule has 0 radical (unpaired) electrons. The summed E-state index contributed by atoms with van der Waals surface area (Å²) >= 11 is 4.88. The summed E-state index contributed by atoms with van der Waals surface area (Å²) in [6.07, 6.45) is 1.59. The van der Waals surface area contributed by atoms with E-state index in [4.69, 9.17) is 4.52 Å². The molecule has 10 heteroatoms. The molecule has 1 N–H and O–H groups in total. The van der Waals surface area contributed by atoms with E-state index in [2.05, 4.69) is 41.5 Å². The average molecular weight is 485 g/mol. The van der Waals surface area contributed by atoms with Gasteiger partial charge in [-0.25, -0.2) is 9.67 Å². The number of benzene rings is 2. The Kier molecular flexibility index (Phi) is 6.24. The Hall–Kier alpha value is -2.98. The maximum Gasteiger partial charge on any atom is 0.259 e. The van der Waals surface area contributed by atoms with Gasteiger partial charge in [0.05, 0.1) is 17.9 Å². The van der Waals surface area contributed by atoms with E-state index >= 15 is 0 Å². The van der Waals surface area contributed by atoms with E-state index < -0.39 is 0 Å². The van der Waals surface area contributed by atoms with E-state index in [9.17, 15) is 4.79 Å². The van der Waals surface area contributed by atoms with Crippen molar-refractivity contribution in [2.75, 3.05) is 5.32 Å². The number of halogens is 1. The van der Waals surface area contributed by atoms with Gasteiger partial charge in [-0.15, -0.1) is 16.9 Å². The molecule has 152 valence electrons. The number of hydrogen-bond donors (Lipinski definition) is 1. The number of rotatable bonds is 7. The lowest BCUT2D eigenvalue weighted by Crippen LogP contribution is -2.14. The van der Waals surface area contributed by atoms with Gasteiger partial charge in [0.25, 0.3) is 5.91 Å². The van der Waals surface area contributed by atoms with Crippen LogP contribution in [0.4, 0.5) is 5.95 Å². The highest BCUT2D eigenvalue weighted by molar-refractivity contribution is 9.10. The van der Waals surface area contributed by atoms with E-state index in [0.29, 0.717) is 29.6 Å².